The summed E-state index contributed by atoms with van der Waals surface area (Å²) in [6.45, 7) is 0. The van der Waals surface area contributed by atoms with E-state index in [-0.39, 0.29) is 0 Å². The van der Waals surface area contributed by atoms with Crippen molar-refractivity contribution in [3.05, 3.63) is 17.3 Å². The Kier molecular flexibility index (Phi) is 3.91. The van der Waals surface area contributed by atoms with E-state index in [0.29, 0.717) is 6.20 Å². The average Bonchev–Trinajstić information content (AvgIpc) is 2.25. The van der Waals surface area contributed by atoms with Crippen LogP contribution in [0.5, 0.6) is 11.6 Å². The fourth-order valence-corrected chi connectivity index (χ4v) is 1.24. The van der Waals surface area contributed by atoms with Crippen molar-refractivity contribution in [3.63, 3.8) is 0 Å². The molecule has 10 heteroatoms. The Bertz CT molecular complexity index is 482. The van der Waals surface area contributed by atoms with Crippen LogP contribution in [0, 0.1) is 0 Å². The third-order valence-electron chi connectivity index (χ3n) is 1.87. The van der Waals surface area contributed by atoms with Gasteiger partial charge in [-0.3, -0.25) is 4.79 Å². The Hall–Kier alpha value is -2.00. The quantitative estimate of drug-likeness (QED) is 0.634. The van der Waals surface area contributed by atoms with E-state index < -0.39 is 41.6 Å². The van der Waals surface area contributed by atoms with Crippen LogP contribution in [0.2, 0.25) is 0 Å². The number of hydrogen-bond donors (Lipinski definition) is 0. The lowest BCUT2D eigenvalue weighted by molar-refractivity contribution is -0.275. The van der Waals surface area contributed by atoms with Gasteiger partial charge in [-0.15, -0.1) is 13.2 Å². The van der Waals surface area contributed by atoms with E-state index in [0.717, 1.165) is 7.11 Å². The van der Waals surface area contributed by atoms with E-state index in [1.807, 2.05) is 0 Å². The molecule has 0 saturated heterocycles. The maximum atomic E-state index is 12.7. The van der Waals surface area contributed by atoms with Gasteiger partial charge in [0.2, 0.25) is 5.88 Å². The number of methoxy groups -OCH3 is 1. The van der Waals surface area contributed by atoms with Gasteiger partial charge in [-0.1, -0.05) is 0 Å². The van der Waals surface area contributed by atoms with Gasteiger partial charge in [0.15, 0.2) is 12.0 Å². The van der Waals surface area contributed by atoms with Crippen LogP contribution in [0.15, 0.2) is 6.20 Å². The van der Waals surface area contributed by atoms with Crippen molar-refractivity contribution in [2.24, 2.45) is 0 Å². The van der Waals surface area contributed by atoms with E-state index in [2.05, 4.69) is 14.5 Å². The van der Waals surface area contributed by atoms with Gasteiger partial charge >= 0.3 is 12.5 Å². The predicted molar refractivity (Wildman–Crippen MR) is 47.9 cm³/mol. The zero-order chi connectivity index (χ0) is 14.8. The summed E-state index contributed by atoms with van der Waals surface area (Å²) in [4.78, 5) is 13.6. The number of carbonyl (C=O) groups is 1. The lowest BCUT2D eigenvalue weighted by Crippen LogP contribution is -2.20. The van der Waals surface area contributed by atoms with Crippen LogP contribution in [0.4, 0.5) is 26.3 Å². The molecule has 0 aromatic carbocycles. The summed E-state index contributed by atoms with van der Waals surface area (Å²) in [5.74, 6) is -2.38. The van der Waals surface area contributed by atoms with E-state index in [9.17, 15) is 31.1 Å². The first-order valence-corrected chi connectivity index (χ1v) is 4.45. The van der Waals surface area contributed by atoms with E-state index in [4.69, 9.17) is 0 Å². The Morgan fingerprint density at radius 1 is 1.21 bits per heavy atom. The van der Waals surface area contributed by atoms with Crippen LogP contribution in [0.3, 0.4) is 0 Å². The van der Waals surface area contributed by atoms with Gasteiger partial charge in [0.1, 0.15) is 5.56 Å². The molecule has 4 nitrogen and oxygen atoms in total. The van der Waals surface area contributed by atoms with Gasteiger partial charge in [-0.05, 0) is 0 Å². The summed E-state index contributed by atoms with van der Waals surface area (Å²) in [7, 11) is 0.830. The van der Waals surface area contributed by atoms with Gasteiger partial charge in [0.25, 0.3) is 0 Å². The maximum absolute atomic E-state index is 12.7. The smallest absolute Gasteiger partial charge is 0.481 e. The number of aromatic nitrogens is 1. The number of pyridine rings is 1. The van der Waals surface area contributed by atoms with Gasteiger partial charge in [-0.25, -0.2) is 4.98 Å². The first-order chi connectivity index (χ1) is 8.60. The second kappa shape index (κ2) is 4.94. The molecule has 0 atom stereocenters. The number of rotatable bonds is 3. The van der Waals surface area contributed by atoms with E-state index >= 15 is 0 Å². The zero-order valence-corrected chi connectivity index (χ0v) is 9.09. The van der Waals surface area contributed by atoms with Crippen LogP contribution in [-0.2, 0) is 6.18 Å². The molecule has 0 unspecified atom stereocenters. The van der Waals surface area contributed by atoms with Crippen LogP contribution in [0.25, 0.3) is 0 Å². The summed E-state index contributed by atoms with van der Waals surface area (Å²) in [5.41, 5.74) is -3.07. The molecule has 0 aliphatic carbocycles. The third-order valence-corrected chi connectivity index (χ3v) is 1.87. The largest absolute Gasteiger partial charge is 0.573 e. The Labute approximate surface area is 101 Å². The monoisotopic (exact) mass is 289 g/mol. The van der Waals surface area contributed by atoms with Gasteiger partial charge in [0, 0.05) is 0 Å². The topological polar surface area (TPSA) is 48.4 Å². The van der Waals surface area contributed by atoms with Crippen molar-refractivity contribution in [3.8, 4) is 11.6 Å². The number of nitrogens with zero attached hydrogens (tertiary/aromatic N) is 1. The van der Waals surface area contributed by atoms with Crippen molar-refractivity contribution < 1.29 is 40.6 Å². The van der Waals surface area contributed by atoms with Crippen molar-refractivity contribution in [1.29, 1.82) is 0 Å². The van der Waals surface area contributed by atoms with E-state index in [1.165, 1.54) is 0 Å². The molecule has 0 saturated carbocycles. The van der Waals surface area contributed by atoms with Crippen LogP contribution in [-0.4, -0.2) is 24.7 Å². The molecule has 19 heavy (non-hydrogen) atoms. The molecule has 0 fully saturated rings. The number of hydrogen-bond acceptors (Lipinski definition) is 4. The average molecular weight is 289 g/mol. The van der Waals surface area contributed by atoms with Gasteiger partial charge < -0.3 is 9.47 Å². The minimum Gasteiger partial charge on any atom is -0.481 e. The SMILES string of the molecule is COc1ncc(OC(F)(F)F)c(C=O)c1C(F)(F)F. The lowest BCUT2D eigenvalue weighted by atomic mass is 10.1. The number of aldehydes is 1. The molecular formula is C9H5F6NO3. The highest BCUT2D eigenvalue weighted by Gasteiger charge is 2.41. The molecular weight excluding hydrogens is 284 g/mol. The molecule has 0 amide bonds. The Morgan fingerprint density at radius 2 is 1.79 bits per heavy atom. The molecule has 0 aliphatic rings. The highest BCUT2D eigenvalue weighted by Crippen LogP contribution is 2.41. The number of carbonyl (C=O) groups excluding carboxylic acids is 1. The highest BCUT2D eigenvalue weighted by atomic mass is 19.4. The summed E-state index contributed by atoms with van der Waals surface area (Å²) in [6, 6.07) is 0. The molecule has 106 valence electrons. The highest BCUT2D eigenvalue weighted by molar-refractivity contribution is 5.82. The van der Waals surface area contributed by atoms with E-state index in [1.54, 1.807) is 0 Å². The normalized spacial score (nSPS) is 12.2. The molecule has 0 radical (unpaired) electrons. The molecule has 1 rings (SSSR count). The molecule has 0 aliphatic heterocycles. The summed E-state index contributed by atoms with van der Waals surface area (Å²) in [6.07, 6.45) is -10.5. The van der Waals surface area contributed by atoms with Gasteiger partial charge in [-0.2, -0.15) is 13.2 Å². The van der Waals surface area contributed by atoms with Crippen molar-refractivity contribution in [1.82, 2.24) is 4.98 Å². The summed E-state index contributed by atoms with van der Waals surface area (Å²) >= 11 is 0. The Balaban J connectivity index is 3.49. The first kappa shape index (κ1) is 15.1. The van der Waals surface area contributed by atoms with Crippen molar-refractivity contribution in [2.45, 2.75) is 12.5 Å². The van der Waals surface area contributed by atoms with Gasteiger partial charge in [0.05, 0.1) is 18.9 Å². The van der Waals surface area contributed by atoms with Crippen LogP contribution in [0.1, 0.15) is 15.9 Å². The molecule has 1 aromatic rings. The molecule has 0 N–H and O–H groups in total. The standard InChI is InChI=1S/C9H5F6NO3/c1-18-7-6(8(10,11)12)4(3-17)5(2-16-7)19-9(13,14)15/h2-3H,1H3. The molecule has 1 heterocycles. The minimum absolute atomic E-state index is 0.325. The van der Waals surface area contributed by atoms with Crippen LogP contribution >= 0.6 is 0 Å². The number of alkyl halides is 6. The summed E-state index contributed by atoms with van der Waals surface area (Å²) < 4.78 is 81.6. The third kappa shape index (κ3) is 3.48. The summed E-state index contributed by atoms with van der Waals surface area (Å²) in [5, 5.41) is 0. The number of ether oxygens (including phenoxy) is 2. The molecule has 0 bridgehead atoms. The first-order valence-electron chi connectivity index (χ1n) is 4.45. The van der Waals surface area contributed by atoms with Crippen LogP contribution < -0.4 is 9.47 Å². The fraction of sp³-hybridized carbons (Fsp3) is 0.333. The Morgan fingerprint density at radius 3 is 2.16 bits per heavy atom. The lowest BCUT2D eigenvalue weighted by Gasteiger charge is -2.16. The number of halogens is 6. The minimum atomic E-state index is -5.25. The second-order valence-electron chi connectivity index (χ2n) is 3.08. The maximum Gasteiger partial charge on any atom is 0.573 e. The molecule has 0 spiro atoms. The van der Waals surface area contributed by atoms with Crippen molar-refractivity contribution >= 4 is 6.29 Å². The second-order valence-corrected chi connectivity index (χ2v) is 3.08. The molecule has 1 aromatic heterocycles. The fourth-order valence-electron chi connectivity index (χ4n) is 1.24. The van der Waals surface area contributed by atoms with Crippen molar-refractivity contribution in [2.75, 3.05) is 7.11 Å². The zero-order valence-electron chi connectivity index (χ0n) is 9.09. The predicted octanol–water partition coefficient (Wildman–Crippen LogP) is 2.82.